The maximum absolute atomic E-state index is 14.4. The lowest BCUT2D eigenvalue weighted by molar-refractivity contribution is 0.506. The van der Waals surface area contributed by atoms with Crippen LogP contribution in [0.3, 0.4) is 0 Å². The van der Waals surface area contributed by atoms with Crippen molar-refractivity contribution in [1.82, 2.24) is 5.32 Å². The van der Waals surface area contributed by atoms with Crippen LogP contribution in [-0.2, 0) is 0 Å². The minimum Gasteiger partial charge on any atom is -0.306 e. The number of halogens is 5. The maximum Gasteiger partial charge on any atom is 0.145 e. The first-order valence-corrected chi connectivity index (χ1v) is 8.65. The number of benzene rings is 2. The molecule has 0 saturated heterocycles. The molecule has 1 atom stereocenters. The monoisotopic (exact) mass is 481 g/mol. The number of nitrogens with one attached hydrogen (secondary N) is 1. The highest BCUT2D eigenvalue weighted by Gasteiger charge is 2.24. The molecule has 0 saturated carbocycles. The van der Waals surface area contributed by atoms with Crippen LogP contribution in [0.5, 0.6) is 0 Å². The molecule has 21 heavy (non-hydrogen) atoms. The highest BCUT2D eigenvalue weighted by molar-refractivity contribution is 9.11. The van der Waals surface area contributed by atoms with Crippen molar-refractivity contribution in [3.05, 3.63) is 66.5 Å². The molecule has 0 heterocycles. The van der Waals surface area contributed by atoms with Crippen molar-refractivity contribution in [1.29, 1.82) is 0 Å². The van der Waals surface area contributed by atoms with Crippen molar-refractivity contribution in [3.63, 3.8) is 0 Å². The van der Waals surface area contributed by atoms with Crippen molar-refractivity contribution in [2.24, 2.45) is 0 Å². The molecule has 0 amide bonds. The summed E-state index contributed by atoms with van der Waals surface area (Å²) in [5.41, 5.74) is 0.783. The lowest BCUT2D eigenvalue weighted by Crippen LogP contribution is -2.24. The van der Waals surface area contributed by atoms with Crippen molar-refractivity contribution >= 4 is 47.8 Å². The van der Waals surface area contributed by atoms with Gasteiger partial charge in [-0.3, -0.25) is 0 Å². The largest absolute Gasteiger partial charge is 0.306 e. The standard InChI is InChI=1S/C15H12Br3F2N/c1-2-21-15(9-4-3-8(16)7-11(9)18)13-12(19)6-5-10(17)14(13)20/h3-7,15,21H,2H2,1H3. The van der Waals surface area contributed by atoms with E-state index < -0.39 is 17.7 Å². The summed E-state index contributed by atoms with van der Waals surface area (Å²) < 4.78 is 30.5. The molecule has 112 valence electrons. The Hall–Kier alpha value is -0.300. The maximum atomic E-state index is 14.4. The lowest BCUT2D eigenvalue weighted by Gasteiger charge is -2.22. The summed E-state index contributed by atoms with van der Waals surface area (Å²) in [4.78, 5) is 0. The van der Waals surface area contributed by atoms with E-state index in [9.17, 15) is 8.78 Å². The van der Waals surface area contributed by atoms with Crippen LogP contribution in [-0.4, -0.2) is 6.54 Å². The summed E-state index contributed by atoms with van der Waals surface area (Å²) in [6.07, 6.45) is 0. The van der Waals surface area contributed by atoms with Gasteiger partial charge >= 0.3 is 0 Å². The van der Waals surface area contributed by atoms with E-state index in [0.29, 0.717) is 6.54 Å². The van der Waals surface area contributed by atoms with Crippen molar-refractivity contribution in [2.75, 3.05) is 6.54 Å². The molecular formula is C15H12Br3F2N. The van der Waals surface area contributed by atoms with E-state index in [-0.39, 0.29) is 10.0 Å². The Morgan fingerprint density at radius 3 is 2.38 bits per heavy atom. The van der Waals surface area contributed by atoms with E-state index in [4.69, 9.17) is 0 Å². The molecule has 0 fully saturated rings. The zero-order valence-corrected chi connectivity index (χ0v) is 15.8. The van der Waals surface area contributed by atoms with Gasteiger partial charge in [-0.05, 0) is 52.3 Å². The molecule has 2 aromatic rings. The minimum atomic E-state index is -0.587. The quantitative estimate of drug-likeness (QED) is 0.530. The first kappa shape index (κ1) is 17.1. The van der Waals surface area contributed by atoms with Gasteiger partial charge in [0.05, 0.1) is 10.5 Å². The van der Waals surface area contributed by atoms with Crippen LogP contribution in [0, 0.1) is 11.6 Å². The second-order valence-corrected chi connectivity index (χ2v) is 7.04. The zero-order chi connectivity index (χ0) is 15.6. The van der Waals surface area contributed by atoms with Gasteiger partial charge in [0, 0.05) is 14.5 Å². The normalized spacial score (nSPS) is 12.5. The van der Waals surface area contributed by atoms with Gasteiger partial charge in [0.2, 0.25) is 0 Å². The van der Waals surface area contributed by atoms with Crippen LogP contribution in [0.2, 0.25) is 0 Å². The first-order chi connectivity index (χ1) is 9.95. The van der Waals surface area contributed by atoms with Gasteiger partial charge in [0.15, 0.2) is 0 Å². The molecule has 6 heteroatoms. The fourth-order valence-corrected chi connectivity index (χ4v) is 3.74. The van der Waals surface area contributed by atoms with E-state index >= 15 is 0 Å². The van der Waals surface area contributed by atoms with Gasteiger partial charge in [0.25, 0.3) is 0 Å². The summed E-state index contributed by atoms with van der Waals surface area (Å²) >= 11 is 9.94. The average molecular weight is 484 g/mol. The number of rotatable bonds is 4. The molecule has 0 radical (unpaired) electrons. The predicted octanol–water partition coefficient (Wildman–Crippen LogP) is 5.95. The van der Waals surface area contributed by atoms with Crippen LogP contribution in [0.4, 0.5) is 8.78 Å². The Kier molecular flexibility index (Phi) is 5.94. The van der Waals surface area contributed by atoms with Crippen LogP contribution in [0.25, 0.3) is 0 Å². The van der Waals surface area contributed by atoms with Gasteiger partial charge < -0.3 is 5.32 Å². The highest BCUT2D eigenvalue weighted by atomic mass is 79.9. The second kappa shape index (κ2) is 7.31. The smallest absolute Gasteiger partial charge is 0.145 e. The third-order valence-electron chi connectivity index (χ3n) is 3.05. The van der Waals surface area contributed by atoms with Crippen molar-refractivity contribution in [3.8, 4) is 0 Å². The first-order valence-electron chi connectivity index (χ1n) is 6.27. The molecular weight excluding hydrogens is 472 g/mol. The Balaban J connectivity index is 2.61. The minimum absolute atomic E-state index is 0.00856. The van der Waals surface area contributed by atoms with Crippen LogP contribution < -0.4 is 5.32 Å². The van der Waals surface area contributed by atoms with Crippen LogP contribution in [0.15, 0.2) is 43.7 Å². The van der Waals surface area contributed by atoms with E-state index in [1.165, 1.54) is 12.1 Å². The Labute approximate surface area is 147 Å². The van der Waals surface area contributed by atoms with E-state index in [1.54, 1.807) is 0 Å². The summed E-state index contributed by atoms with van der Waals surface area (Å²) in [6.45, 7) is 2.48. The summed E-state index contributed by atoms with van der Waals surface area (Å²) in [5.74, 6) is -1.16. The molecule has 1 N–H and O–H groups in total. The Morgan fingerprint density at radius 2 is 1.76 bits per heavy atom. The van der Waals surface area contributed by atoms with E-state index in [1.807, 2.05) is 25.1 Å². The topological polar surface area (TPSA) is 12.0 Å². The van der Waals surface area contributed by atoms with Crippen LogP contribution in [0.1, 0.15) is 24.1 Å². The predicted molar refractivity (Wildman–Crippen MR) is 91.4 cm³/mol. The van der Waals surface area contributed by atoms with E-state index in [0.717, 1.165) is 14.5 Å². The summed E-state index contributed by atoms with van der Waals surface area (Å²) in [7, 11) is 0. The van der Waals surface area contributed by atoms with Gasteiger partial charge in [0.1, 0.15) is 11.6 Å². The van der Waals surface area contributed by atoms with Crippen LogP contribution >= 0.6 is 47.8 Å². The summed E-state index contributed by atoms with van der Waals surface area (Å²) in [6, 6.07) is 7.59. The molecule has 0 aliphatic rings. The van der Waals surface area contributed by atoms with Crippen molar-refractivity contribution in [2.45, 2.75) is 13.0 Å². The van der Waals surface area contributed by atoms with E-state index in [2.05, 4.69) is 53.1 Å². The molecule has 0 aliphatic carbocycles. The number of hydrogen-bond acceptors (Lipinski definition) is 1. The zero-order valence-electron chi connectivity index (χ0n) is 11.1. The van der Waals surface area contributed by atoms with Gasteiger partial charge in [-0.1, -0.05) is 44.8 Å². The third kappa shape index (κ3) is 3.73. The van der Waals surface area contributed by atoms with Crippen molar-refractivity contribution < 1.29 is 8.78 Å². The molecule has 2 rings (SSSR count). The molecule has 1 unspecified atom stereocenters. The van der Waals surface area contributed by atoms with Gasteiger partial charge in [-0.2, -0.15) is 0 Å². The SMILES string of the molecule is CCNC(c1ccc(Br)cc1Br)c1c(F)ccc(Br)c1F. The highest BCUT2D eigenvalue weighted by Crippen LogP contribution is 2.35. The van der Waals surface area contributed by atoms with Gasteiger partial charge in [-0.15, -0.1) is 0 Å². The van der Waals surface area contributed by atoms with Gasteiger partial charge in [-0.25, -0.2) is 8.78 Å². The molecule has 1 nitrogen and oxygen atoms in total. The fraction of sp³-hybridized carbons (Fsp3) is 0.200. The second-order valence-electron chi connectivity index (χ2n) is 4.41. The fourth-order valence-electron chi connectivity index (χ4n) is 2.11. The molecule has 0 aliphatic heterocycles. The molecule has 0 bridgehead atoms. The molecule has 0 aromatic heterocycles. The Bertz CT molecular complexity index is 662. The lowest BCUT2D eigenvalue weighted by atomic mass is 9.97. The average Bonchev–Trinajstić information content (AvgIpc) is 2.43. The number of hydrogen-bond donors (Lipinski definition) is 1. The molecule has 2 aromatic carbocycles. The molecule has 0 spiro atoms. The Morgan fingerprint density at radius 1 is 1.05 bits per heavy atom. The third-order valence-corrected chi connectivity index (χ3v) is 4.84. The summed E-state index contributed by atoms with van der Waals surface area (Å²) in [5, 5.41) is 3.14.